The molecule has 0 aliphatic carbocycles. The zero-order valence-electron chi connectivity index (χ0n) is 10.9. The van der Waals surface area contributed by atoms with Crippen LogP contribution in [-0.4, -0.2) is 58.6 Å². The van der Waals surface area contributed by atoms with E-state index < -0.39 is 30.5 Å². The molecule has 0 radical (unpaired) electrons. The van der Waals surface area contributed by atoms with Gasteiger partial charge in [0.2, 0.25) is 0 Å². The largest absolute Gasteiger partial charge is 0.388 e. The lowest BCUT2D eigenvalue weighted by Crippen LogP contribution is -2.60. The Kier molecular flexibility index (Phi) is 5.34. The van der Waals surface area contributed by atoms with Crippen LogP contribution in [0.4, 0.5) is 0 Å². The Morgan fingerprint density at radius 3 is 2.06 bits per heavy atom. The van der Waals surface area contributed by atoms with Gasteiger partial charge in [0, 0.05) is 0 Å². The number of hydrogen-bond acceptors (Lipinski definition) is 5. The molecule has 0 aromatic carbocycles. The number of aliphatic hydroxyl groups is 3. The zero-order valence-corrected chi connectivity index (χ0v) is 10.9. The van der Waals surface area contributed by atoms with Gasteiger partial charge in [0.05, 0.1) is 18.8 Å². The summed E-state index contributed by atoms with van der Waals surface area (Å²) in [4.78, 5) is 0. The number of aliphatic hydroxyl groups excluding tert-OH is 3. The summed E-state index contributed by atoms with van der Waals surface area (Å²) in [6.07, 6.45) is -4.39. The fourth-order valence-electron chi connectivity index (χ4n) is 1.96. The highest BCUT2D eigenvalue weighted by Gasteiger charge is 2.44. The van der Waals surface area contributed by atoms with Gasteiger partial charge in [0.25, 0.3) is 0 Å². The summed E-state index contributed by atoms with van der Waals surface area (Å²) in [6, 6.07) is 0. The monoisotopic (exact) mass is 248 g/mol. The second kappa shape index (κ2) is 6.11. The van der Waals surface area contributed by atoms with Crippen LogP contribution in [0.25, 0.3) is 0 Å². The molecule has 1 heterocycles. The lowest BCUT2D eigenvalue weighted by Gasteiger charge is -2.42. The molecule has 1 rings (SSSR count). The molecule has 0 bridgehead atoms. The highest BCUT2D eigenvalue weighted by molar-refractivity contribution is 4.93. The predicted molar refractivity (Wildman–Crippen MR) is 62.6 cm³/mol. The van der Waals surface area contributed by atoms with Gasteiger partial charge in [-0.3, -0.25) is 0 Å². The van der Waals surface area contributed by atoms with Crippen molar-refractivity contribution in [1.82, 2.24) is 0 Å². The Bertz CT molecular complexity index is 231. The van der Waals surface area contributed by atoms with E-state index in [2.05, 4.69) is 0 Å². The third-order valence-corrected chi connectivity index (χ3v) is 3.00. The van der Waals surface area contributed by atoms with Gasteiger partial charge in [-0.25, -0.2) is 0 Å². The average molecular weight is 248 g/mol. The van der Waals surface area contributed by atoms with Crippen molar-refractivity contribution in [3.05, 3.63) is 0 Å². The van der Waals surface area contributed by atoms with E-state index in [0.29, 0.717) is 0 Å². The van der Waals surface area contributed by atoms with E-state index in [0.717, 1.165) is 0 Å². The molecule has 0 saturated carbocycles. The van der Waals surface area contributed by atoms with E-state index in [4.69, 9.17) is 9.47 Å². The minimum atomic E-state index is -1.18. The predicted octanol–water partition coefficient (Wildman–Crippen LogP) is -0.0825. The van der Waals surface area contributed by atoms with Crippen LogP contribution in [0.15, 0.2) is 0 Å². The summed E-state index contributed by atoms with van der Waals surface area (Å²) in [7, 11) is 0. The number of ether oxygens (including phenoxy) is 2. The maximum atomic E-state index is 9.81. The second-order valence-corrected chi connectivity index (χ2v) is 5.24. The van der Waals surface area contributed by atoms with Crippen molar-refractivity contribution in [2.24, 2.45) is 5.92 Å². The van der Waals surface area contributed by atoms with Crippen LogP contribution in [0.2, 0.25) is 0 Å². The van der Waals surface area contributed by atoms with Crippen LogP contribution in [0.1, 0.15) is 27.7 Å². The van der Waals surface area contributed by atoms with Crippen molar-refractivity contribution in [2.45, 2.75) is 64.3 Å². The Morgan fingerprint density at radius 2 is 1.59 bits per heavy atom. The molecule has 5 atom stereocenters. The van der Waals surface area contributed by atoms with Crippen LogP contribution in [0.5, 0.6) is 0 Å². The van der Waals surface area contributed by atoms with Crippen LogP contribution in [0.3, 0.4) is 0 Å². The van der Waals surface area contributed by atoms with Crippen LogP contribution >= 0.6 is 0 Å². The Labute approximate surface area is 102 Å². The fourth-order valence-corrected chi connectivity index (χ4v) is 1.96. The third kappa shape index (κ3) is 3.63. The van der Waals surface area contributed by atoms with E-state index in [1.54, 1.807) is 0 Å². The van der Waals surface area contributed by atoms with E-state index in [1.807, 2.05) is 27.7 Å². The van der Waals surface area contributed by atoms with E-state index >= 15 is 0 Å². The van der Waals surface area contributed by atoms with Gasteiger partial charge in [0.15, 0.2) is 0 Å². The lowest BCUT2D eigenvalue weighted by atomic mass is 9.89. The lowest BCUT2D eigenvalue weighted by molar-refractivity contribution is -0.243. The number of rotatable bonds is 4. The first-order valence-corrected chi connectivity index (χ1v) is 6.15. The molecule has 1 aliphatic heterocycles. The summed E-state index contributed by atoms with van der Waals surface area (Å²) in [5.74, 6) is 0.0636. The topological polar surface area (TPSA) is 79.2 Å². The molecule has 1 saturated heterocycles. The number of hydrogen-bond donors (Lipinski definition) is 3. The highest BCUT2D eigenvalue weighted by Crippen LogP contribution is 2.26. The van der Waals surface area contributed by atoms with Crippen molar-refractivity contribution in [3.8, 4) is 0 Å². The Morgan fingerprint density at radius 1 is 1.00 bits per heavy atom. The smallest absolute Gasteiger partial charge is 0.111 e. The highest BCUT2D eigenvalue weighted by atomic mass is 16.6. The molecule has 0 spiro atoms. The first kappa shape index (κ1) is 14.9. The van der Waals surface area contributed by atoms with Crippen molar-refractivity contribution in [3.63, 3.8) is 0 Å². The first-order valence-electron chi connectivity index (χ1n) is 6.15. The normalized spacial score (nSPS) is 39.0. The summed E-state index contributed by atoms with van der Waals surface area (Å²) >= 11 is 0. The SMILES string of the molecule is CC(C)OC[C@@H]1OC(C(C)C)[C@@H](O)[C@H](O)[C@H]1O. The molecule has 0 aromatic rings. The Hall–Kier alpha value is -0.200. The van der Waals surface area contributed by atoms with Crippen LogP contribution in [0, 0.1) is 5.92 Å². The van der Waals surface area contributed by atoms with E-state index in [9.17, 15) is 15.3 Å². The van der Waals surface area contributed by atoms with Crippen molar-refractivity contribution in [2.75, 3.05) is 6.61 Å². The molecular weight excluding hydrogens is 224 g/mol. The summed E-state index contributed by atoms with van der Waals surface area (Å²) in [5.41, 5.74) is 0. The molecule has 5 nitrogen and oxygen atoms in total. The van der Waals surface area contributed by atoms with Gasteiger partial charge in [-0.15, -0.1) is 0 Å². The summed E-state index contributed by atoms with van der Waals surface area (Å²) in [6.45, 7) is 7.80. The maximum Gasteiger partial charge on any atom is 0.111 e. The zero-order chi connectivity index (χ0) is 13.2. The van der Waals surface area contributed by atoms with Crippen LogP contribution in [-0.2, 0) is 9.47 Å². The molecule has 1 aliphatic rings. The first-order chi connectivity index (χ1) is 7.84. The second-order valence-electron chi connectivity index (χ2n) is 5.24. The third-order valence-electron chi connectivity index (χ3n) is 3.00. The van der Waals surface area contributed by atoms with Gasteiger partial charge < -0.3 is 24.8 Å². The van der Waals surface area contributed by atoms with Gasteiger partial charge in [0.1, 0.15) is 24.4 Å². The van der Waals surface area contributed by atoms with E-state index in [1.165, 1.54) is 0 Å². The summed E-state index contributed by atoms with van der Waals surface area (Å²) in [5, 5.41) is 29.4. The average Bonchev–Trinajstić information content (AvgIpc) is 2.24. The molecule has 5 heteroatoms. The molecule has 1 fully saturated rings. The van der Waals surface area contributed by atoms with Crippen molar-refractivity contribution >= 4 is 0 Å². The molecule has 0 aromatic heterocycles. The van der Waals surface area contributed by atoms with E-state index in [-0.39, 0.29) is 18.6 Å². The van der Waals surface area contributed by atoms with Gasteiger partial charge in [-0.1, -0.05) is 13.8 Å². The van der Waals surface area contributed by atoms with Crippen molar-refractivity contribution in [1.29, 1.82) is 0 Å². The molecule has 0 amide bonds. The van der Waals surface area contributed by atoms with Gasteiger partial charge in [-0.2, -0.15) is 0 Å². The Balaban J connectivity index is 2.64. The molecule has 17 heavy (non-hydrogen) atoms. The van der Waals surface area contributed by atoms with Gasteiger partial charge >= 0.3 is 0 Å². The standard InChI is InChI=1S/C12H24O5/c1-6(2)12-11(15)10(14)9(13)8(17-12)5-16-7(3)4/h6-15H,5H2,1-4H3/t8-,9-,10+,11-,12?/m0/s1. The minimum Gasteiger partial charge on any atom is -0.388 e. The molecule has 3 N–H and O–H groups in total. The fraction of sp³-hybridized carbons (Fsp3) is 1.00. The van der Waals surface area contributed by atoms with Crippen molar-refractivity contribution < 1.29 is 24.8 Å². The molecular formula is C12H24O5. The maximum absolute atomic E-state index is 9.81. The summed E-state index contributed by atoms with van der Waals surface area (Å²) < 4.78 is 11.0. The van der Waals surface area contributed by atoms with Gasteiger partial charge in [-0.05, 0) is 19.8 Å². The quantitative estimate of drug-likeness (QED) is 0.648. The minimum absolute atomic E-state index is 0.0345. The molecule has 102 valence electrons. The molecule has 1 unspecified atom stereocenters. The van der Waals surface area contributed by atoms with Crippen LogP contribution < -0.4 is 0 Å².